The van der Waals surface area contributed by atoms with Crippen LogP contribution in [0.4, 0.5) is 0 Å². The third kappa shape index (κ3) is 3.27. The van der Waals surface area contributed by atoms with E-state index >= 15 is 0 Å². The highest BCUT2D eigenvalue weighted by Gasteiger charge is 2.16. The Kier molecular flexibility index (Phi) is 4.56. The van der Waals surface area contributed by atoms with Crippen LogP contribution in [0.5, 0.6) is 5.75 Å². The van der Waals surface area contributed by atoms with E-state index < -0.39 is 5.97 Å². The van der Waals surface area contributed by atoms with Crippen molar-refractivity contribution in [1.82, 2.24) is 4.98 Å². The summed E-state index contributed by atoms with van der Waals surface area (Å²) in [4.78, 5) is 28.3. The maximum absolute atomic E-state index is 12.2. The molecule has 24 heavy (non-hydrogen) atoms. The molecule has 0 saturated carbocycles. The van der Waals surface area contributed by atoms with E-state index in [0.29, 0.717) is 29.0 Å². The normalized spacial score (nSPS) is 10.5. The first-order chi connectivity index (χ1) is 11.7. The van der Waals surface area contributed by atoms with Crippen LogP contribution in [0.1, 0.15) is 27.6 Å². The molecule has 1 aromatic heterocycles. The van der Waals surface area contributed by atoms with Gasteiger partial charge in [-0.15, -0.1) is 0 Å². The van der Waals surface area contributed by atoms with Gasteiger partial charge in [0.05, 0.1) is 12.2 Å². The van der Waals surface area contributed by atoms with E-state index in [4.69, 9.17) is 13.9 Å². The Balaban J connectivity index is 1.65. The summed E-state index contributed by atoms with van der Waals surface area (Å²) in [6.45, 7) is 2.09. The summed E-state index contributed by atoms with van der Waals surface area (Å²) in [5.74, 6) is -0.226. The molecule has 0 bridgehead atoms. The maximum atomic E-state index is 12.2. The summed E-state index contributed by atoms with van der Waals surface area (Å²) in [5, 5.41) is 0. The van der Waals surface area contributed by atoms with Gasteiger partial charge in [0.25, 0.3) is 0 Å². The van der Waals surface area contributed by atoms with Crippen LogP contribution in [-0.2, 0) is 4.74 Å². The van der Waals surface area contributed by atoms with Crippen LogP contribution in [0, 0.1) is 0 Å². The van der Waals surface area contributed by atoms with Crippen molar-refractivity contribution >= 4 is 22.9 Å². The smallest absolute Gasteiger partial charge is 0.340 e. The lowest BCUT2D eigenvalue weighted by molar-refractivity contribution is 0.0476. The Morgan fingerprint density at radius 2 is 1.92 bits per heavy atom. The highest BCUT2D eigenvalue weighted by atomic mass is 16.5. The van der Waals surface area contributed by atoms with Crippen LogP contribution in [-0.4, -0.2) is 30.0 Å². The van der Waals surface area contributed by atoms with Crippen LogP contribution in [0.3, 0.4) is 0 Å². The predicted octanol–water partition coefficient (Wildman–Crippen LogP) is 3.27. The molecular weight excluding hydrogens is 310 g/mol. The van der Waals surface area contributed by atoms with Gasteiger partial charge < -0.3 is 13.9 Å². The Labute approximate surface area is 138 Å². The molecule has 0 unspecified atom stereocenters. The highest BCUT2D eigenvalue weighted by molar-refractivity contribution is 6.03. The summed E-state index contributed by atoms with van der Waals surface area (Å²) in [6, 6.07) is 11.6. The molecule has 0 atom stereocenters. The summed E-state index contributed by atoms with van der Waals surface area (Å²) >= 11 is 0. The number of para-hydroxylation sites is 1. The number of carbonyl (C=O) groups excluding carboxylic acids is 2. The van der Waals surface area contributed by atoms with E-state index in [0.717, 1.165) is 0 Å². The molecule has 6 heteroatoms. The molecule has 0 aliphatic heterocycles. The minimum absolute atomic E-state index is 0.265. The van der Waals surface area contributed by atoms with Gasteiger partial charge >= 0.3 is 5.97 Å². The number of fused-ring (bicyclic) bond motifs is 1. The SMILES string of the molecule is CCOc1ccc(C(=O)COC(=O)c2cccc3ocnc23)cc1. The van der Waals surface area contributed by atoms with Gasteiger partial charge in [0, 0.05) is 5.56 Å². The van der Waals surface area contributed by atoms with Gasteiger partial charge in [0.1, 0.15) is 11.3 Å². The maximum Gasteiger partial charge on any atom is 0.340 e. The van der Waals surface area contributed by atoms with Crippen LogP contribution >= 0.6 is 0 Å². The third-order valence-electron chi connectivity index (χ3n) is 3.40. The number of ketones is 1. The van der Waals surface area contributed by atoms with Gasteiger partial charge in [0.15, 0.2) is 24.4 Å². The second kappa shape index (κ2) is 6.95. The Bertz CT molecular complexity index is 867. The number of ether oxygens (including phenoxy) is 2. The molecule has 0 radical (unpaired) electrons. The number of nitrogens with zero attached hydrogens (tertiary/aromatic N) is 1. The van der Waals surface area contributed by atoms with Gasteiger partial charge in [-0.1, -0.05) is 6.07 Å². The molecule has 2 aromatic carbocycles. The molecule has 6 nitrogen and oxygen atoms in total. The second-order valence-corrected chi connectivity index (χ2v) is 4.96. The van der Waals surface area contributed by atoms with E-state index in [2.05, 4.69) is 4.98 Å². The van der Waals surface area contributed by atoms with E-state index in [-0.39, 0.29) is 18.0 Å². The third-order valence-corrected chi connectivity index (χ3v) is 3.40. The number of esters is 1. The van der Waals surface area contributed by atoms with E-state index in [1.165, 1.54) is 6.39 Å². The monoisotopic (exact) mass is 325 g/mol. The highest BCUT2D eigenvalue weighted by Crippen LogP contribution is 2.18. The van der Waals surface area contributed by atoms with Crippen molar-refractivity contribution in [3.05, 3.63) is 60.0 Å². The van der Waals surface area contributed by atoms with Gasteiger partial charge in [-0.2, -0.15) is 0 Å². The van der Waals surface area contributed by atoms with Crippen LogP contribution < -0.4 is 4.74 Å². The van der Waals surface area contributed by atoms with Crippen molar-refractivity contribution in [1.29, 1.82) is 0 Å². The number of hydrogen-bond acceptors (Lipinski definition) is 6. The first kappa shape index (κ1) is 15.7. The average molecular weight is 325 g/mol. The Hall–Kier alpha value is -3.15. The molecule has 0 N–H and O–H groups in total. The zero-order valence-corrected chi connectivity index (χ0v) is 13.0. The lowest BCUT2D eigenvalue weighted by Crippen LogP contribution is -2.14. The number of rotatable bonds is 6. The molecule has 0 aliphatic rings. The number of benzene rings is 2. The van der Waals surface area contributed by atoms with Crippen LogP contribution in [0.15, 0.2) is 53.3 Å². The van der Waals surface area contributed by atoms with Crippen LogP contribution in [0.2, 0.25) is 0 Å². The van der Waals surface area contributed by atoms with E-state index in [1.54, 1.807) is 42.5 Å². The van der Waals surface area contributed by atoms with Gasteiger partial charge in [-0.05, 0) is 43.3 Å². The van der Waals surface area contributed by atoms with Gasteiger partial charge in [-0.3, -0.25) is 4.79 Å². The van der Waals surface area contributed by atoms with Crippen molar-refractivity contribution in [2.45, 2.75) is 6.92 Å². The largest absolute Gasteiger partial charge is 0.494 e. The molecule has 1 heterocycles. The van der Waals surface area contributed by atoms with Crippen molar-refractivity contribution < 1.29 is 23.5 Å². The molecule has 0 aliphatic carbocycles. The molecular formula is C18H15NO5. The standard InChI is InChI=1S/C18H15NO5/c1-2-22-13-8-6-12(7-9-13)15(20)10-23-18(21)14-4-3-5-16-17(14)19-11-24-16/h3-9,11H,2,10H2,1H3. The van der Waals surface area contributed by atoms with E-state index in [1.807, 2.05) is 6.92 Å². The van der Waals surface area contributed by atoms with Crippen LogP contribution in [0.25, 0.3) is 11.1 Å². The number of Topliss-reactive ketones (excluding diaryl/α,β-unsaturated/α-hetero) is 1. The topological polar surface area (TPSA) is 78.6 Å². The summed E-state index contributed by atoms with van der Waals surface area (Å²) in [6.07, 6.45) is 1.26. The molecule has 3 aromatic rings. The molecule has 3 rings (SSSR count). The molecule has 0 saturated heterocycles. The minimum Gasteiger partial charge on any atom is -0.494 e. The number of aromatic nitrogens is 1. The molecule has 122 valence electrons. The average Bonchev–Trinajstić information content (AvgIpc) is 3.09. The zero-order valence-electron chi connectivity index (χ0n) is 13.0. The lowest BCUT2D eigenvalue weighted by atomic mass is 10.1. The Morgan fingerprint density at radius 1 is 1.12 bits per heavy atom. The predicted molar refractivity (Wildman–Crippen MR) is 86.2 cm³/mol. The fraction of sp³-hybridized carbons (Fsp3) is 0.167. The first-order valence-corrected chi connectivity index (χ1v) is 7.44. The summed E-state index contributed by atoms with van der Waals surface area (Å²) in [7, 11) is 0. The molecule has 0 spiro atoms. The van der Waals surface area contributed by atoms with Crippen molar-refractivity contribution in [3.63, 3.8) is 0 Å². The number of carbonyl (C=O) groups is 2. The van der Waals surface area contributed by atoms with Crippen molar-refractivity contribution in [3.8, 4) is 5.75 Å². The zero-order chi connectivity index (χ0) is 16.9. The quantitative estimate of drug-likeness (QED) is 0.511. The molecule has 0 amide bonds. The van der Waals surface area contributed by atoms with Gasteiger partial charge in [0.2, 0.25) is 0 Å². The van der Waals surface area contributed by atoms with Crippen molar-refractivity contribution in [2.75, 3.05) is 13.2 Å². The van der Waals surface area contributed by atoms with Crippen molar-refractivity contribution in [2.24, 2.45) is 0 Å². The van der Waals surface area contributed by atoms with E-state index in [9.17, 15) is 9.59 Å². The summed E-state index contributed by atoms with van der Waals surface area (Å²) < 4.78 is 15.6. The minimum atomic E-state index is -0.617. The second-order valence-electron chi connectivity index (χ2n) is 4.96. The summed E-state index contributed by atoms with van der Waals surface area (Å²) in [5.41, 5.74) is 1.62. The number of oxazole rings is 1. The first-order valence-electron chi connectivity index (χ1n) is 7.44. The Morgan fingerprint density at radius 3 is 2.67 bits per heavy atom. The fourth-order valence-corrected chi connectivity index (χ4v) is 2.25. The van der Waals surface area contributed by atoms with Gasteiger partial charge in [-0.25, -0.2) is 9.78 Å². The molecule has 0 fully saturated rings. The number of hydrogen-bond donors (Lipinski definition) is 0. The fourth-order valence-electron chi connectivity index (χ4n) is 2.25. The lowest BCUT2D eigenvalue weighted by Gasteiger charge is -2.06.